The van der Waals surface area contributed by atoms with Crippen LogP contribution in [0.4, 0.5) is 0 Å². The largest absolute Gasteiger partial charge is 0.492 e. The van der Waals surface area contributed by atoms with Crippen LogP contribution in [-0.2, 0) is 11.3 Å². The molecule has 3 rings (SSSR count). The van der Waals surface area contributed by atoms with Gasteiger partial charge in [-0.1, -0.05) is 29.5 Å². The van der Waals surface area contributed by atoms with Crippen molar-refractivity contribution in [3.8, 4) is 5.75 Å². The number of ether oxygens (including phenoxy) is 1. The lowest BCUT2D eigenvalue weighted by atomic mass is 10.3. The van der Waals surface area contributed by atoms with Gasteiger partial charge in [-0.25, -0.2) is 0 Å². The van der Waals surface area contributed by atoms with Gasteiger partial charge in [0, 0.05) is 17.5 Å². The van der Waals surface area contributed by atoms with E-state index in [2.05, 4.69) is 11.6 Å². The summed E-state index contributed by atoms with van der Waals surface area (Å²) in [6.45, 7) is 6.91. The van der Waals surface area contributed by atoms with Gasteiger partial charge in [-0.15, -0.1) is 17.9 Å². The third-order valence-electron chi connectivity index (χ3n) is 3.41. The molecule has 0 aliphatic heterocycles. The van der Waals surface area contributed by atoms with Gasteiger partial charge in [0.15, 0.2) is 4.80 Å². The zero-order chi connectivity index (χ0) is 17.6. The molecule has 0 saturated carbocycles. The molecule has 0 unspecified atom stereocenters. The standard InChI is InChI=1S/C19H18N2O2S2/c1-3-12-21-18-15(23-4-2)8-5-9-16(18)25-19(21)20-17(22)11-10-14-7-6-13-24-14/h3,5-11,13H,1,4,12H2,2H3. The number of rotatable bonds is 6. The van der Waals surface area contributed by atoms with Crippen molar-refractivity contribution in [3.63, 3.8) is 0 Å². The van der Waals surface area contributed by atoms with Crippen LogP contribution in [0, 0.1) is 0 Å². The van der Waals surface area contributed by atoms with Crippen LogP contribution in [0.25, 0.3) is 16.3 Å². The number of carbonyl (C=O) groups is 1. The third-order valence-corrected chi connectivity index (χ3v) is 5.30. The maximum Gasteiger partial charge on any atom is 0.272 e. The summed E-state index contributed by atoms with van der Waals surface area (Å²) >= 11 is 3.05. The lowest BCUT2D eigenvalue weighted by molar-refractivity contribution is -0.113. The van der Waals surface area contributed by atoms with Gasteiger partial charge in [-0.05, 0) is 36.6 Å². The van der Waals surface area contributed by atoms with Crippen molar-refractivity contribution in [3.05, 3.63) is 64.1 Å². The molecular formula is C19H18N2O2S2. The Bertz CT molecular complexity index is 979. The van der Waals surface area contributed by atoms with Crippen LogP contribution in [0.2, 0.25) is 0 Å². The molecule has 1 amide bonds. The highest BCUT2D eigenvalue weighted by molar-refractivity contribution is 7.16. The minimum atomic E-state index is -0.282. The highest BCUT2D eigenvalue weighted by Gasteiger charge is 2.11. The first-order chi connectivity index (χ1) is 12.2. The van der Waals surface area contributed by atoms with E-state index in [0.717, 1.165) is 20.8 Å². The van der Waals surface area contributed by atoms with Gasteiger partial charge in [0.05, 0.1) is 11.3 Å². The van der Waals surface area contributed by atoms with Crippen LogP contribution in [0.15, 0.2) is 59.4 Å². The fourth-order valence-electron chi connectivity index (χ4n) is 2.42. The number of carbonyl (C=O) groups excluding carboxylic acids is 1. The molecule has 25 heavy (non-hydrogen) atoms. The predicted octanol–water partition coefficient (Wildman–Crippen LogP) is 4.49. The number of thiophene rings is 1. The molecule has 3 aromatic rings. The average molecular weight is 370 g/mol. The summed E-state index contributed by atoms with van der Waals surface area (Å²) in [6.07, 6.45) is 5.07. The van der Waals surface area contributed by atoms with Gasteiger partial charge in [-0.2, -0.15) is 4.99 Å². The molecule has 0 aliphatic carbocycles. The molecule has 6 heteroatoms. The summed E-state index contributed by atoms with van der Waals surface area (Å²) in [4.78, 5) is 18.2. The minimum Gasteiger partial charge on any atom is -0.492 e. The maximum absolute atomic E-state index is 12.2. The van der Waals surface area contributed by atoms with Gasteiger partial charge in [-0.3, -0.25) is 4.79 Å². The van der Waals surface area contributed by atoms with E-state index in [4.69, 9.17) is 4.74 Å². The molecule has 0 N–H and O–H groups in total. The number of hydrogen-bond acceptors (Lipinski definition) is 4. The fraction of sp³-hybridized carbons (Fsp3) is 0.158. The number of fused-ring (bicyclic) bond motifs is 1. The summed E-state index contributed by atoms with van der Waals surface area (Å²) in [5, 5.41) is 1.97. The second kappa shape index (κ2) is 8.09. The van der Waals surface area contributed by atoms with Crippen molar-refractivity contribution in [1.82, 2.24) is 4.57 Å². The number of hydrogen-bond donors (Lipinski definition) is 0. The van der Waals surface area contributed by atoms with Crippen LogP contribution in [0.5, 0.6) is 5.75 Å². The third kappa shape index (κ3) is 3.97. The van der Waals surface area contributed by atoms with Crippen LogP contribution >= 0.6 is 22.7 Å². The molecule has 0 aliphatic rings. The number of allylic oxidation sites excluding steroid dienone is 1. The Balaban J connectivity index is 2.05. The zero-order valence-corrected chi connectivity index (χ0v) is 15.5. The first-order valence-electron chi connectivity index (χ1n) is 7.89. The van der Waals surface area contributed by atoms with E-state index in [0.29, 0.717) is 18.0 Å². The van der Waals surface area contributed by atoms with Gasteiger partial charge in [0.25, 0.3) is 5.91 Å². The first-order valence-corrected chi connectivity index (χ1v) is 9.59. The van der Waals surface area contributed by atoms with Crippen molar-refractivity contribution in [2.24, 2.45) is 4.99 Å². The van der Waals surface area contributed by atoms with Crippen LogP contribution < -0.4 is 9.54 Å². The maximum atomic E-state index is 12.2. The van der Waals surface area contributed by atoms with E-state index >= 15 is 0 Å². The Labute approximate surface area is 154 Å². The molecular weight excluding hydrogens is 352 g/mol. The Kier molecular flexibility index (Phi) is 5.63. The van der Waals surface area contributed by atoms with Crippen molar-refractivity contribution in [1.29, 1.82) is 0 Å². The molecule has 128 valence electrons. The zero-order valence-electron chi connectivity index (χ0n) is 13.8. The lowest BCUT2D eigenvalue weighted by Gasteiger charge is -2.07. The second-order valence-corrected chi connectivity index (χ2v) is 7.11. The molecule has 0 saturated heterocycles. The quantitative estimate of drug-likeness (QED) is 0.474. The normalized spacial score (nSPS) is 12.1. The number of aromatic nitrogens is 1. The average Bonchev–Trinajstić information content (AvgIpc) is 3.23. The van der Waals surface area contributed by atoms with Crippen LogP contribution in [0.1, 0.15) is 11.8 Å². The Hall–Kier alpha value is -2.44. The van der Waals surface area contributed by atoms with Gasteiger partial charge >= 0.3 is 0 Å². The number of para-hydroxylation sites is 1. The molecule has 4 nitrogen and oxygen atoms in total. The smallest absolute Gasteiger partial charge is 0.272 e. The SMILES string of the molecule is C=CCn1c(=NC(=O)C=Cc2cccs2)sc2cccc(OCC)c21. The number of thiazole rings is 1. The van der Waals surface area contributed by atoms with E-state index in [1.807, 2.05) is 47.2 Å². The van der Waals surface area contributed by atoms with Gasteiger partial charge in [0.1, 0.15) is 11.3 Å². The van der Waals surface area contributed by atoms with Crippen LogP contribution in [0.3, 0.4) is 0 Å². The van der Waals surface area contributed by atoms with E-state index in [1.54, 1.807) is 23.5 Å². The van der Waals surface area contributed by atoms with E-state index in [-0.39, 0.29) is 5.91 Å². The monoisotopic (exact) mass is 370 g/mol. The first kappa shape index (κ1) is 17.4. The summed E-state index contributed by atoms with van der Waals surface area (Å²) in [5.74, 6) is 0.511. The fourth-order valence-corrected chi connectivity index (χ4v) is 4.10. The van der Waals surface area contributed by atoms with Gasteiger partial charge < -0.3 is 9.30 Å². The molecule has 0 radical (unpaired) electrons. The molecule has 2 aromatic heterocycles. The number of amides is 1. The Morgan fingerprint density at radius 2 is 2.24 bits per heavy atom. The van der Waals surface area contributed by atoms with Crippen molar-refractivity contribution in [2.75, 3.05) is 6.61 Å². The van der Waals surface area contributed by atoms with Crippen molar-refractivity contribution >= 4 is 44.9 Å². The topological polar surface area (TPSA) is 43.6 Å². The number of nitrogens with zero attached hydrogens (tertiary/aromatic N) is 2. The molecule has 0 bridgehead atoms. The summed E-state index contributed by atoms with van der Waals surface area (Å²) in [6, 6.07) is 9.79. The molecule has 1 aromatic carbocycles. The van der Waals surface area contributed by atoms with E-state index < -0.39 is 0 Å². The van der Waals surface area contributed by atoms with Crippen LogP contribution in [-0.4, -0.2) is 17.1 Å². The summed E-state index contributed by atoms with van der Waals surface area (Å²) in [5.41, 5.74) is 0.947. The Morgan fingerprint density at radius 3 is 2.96 bits per heavy atom. The summed E-state index contributed by atoms with van der Waals surface area (Å²) in [7, 11) is 0. The highest BCUT2D eigenvalue weighted by atomic mass is 32.1. The number of benzene rings is 1. The van der Waals surface area contributed by atoms with Crippen molar-refractivity contribution < 1.29 is 9.53 Å². The summed E-state index contributed by atoms with van der Waals surface area (Å²) < 4.78 is 8.73. The molecule has 0 fully saturated rings. The molecule has 2 heterocycles. The van der Waals surface area contributed by atoms with E-state index in [9.17, 15) is 4.79 Å². The predicted molar refractivity (Wildman–Crippen MR) is 105 cm³/mol. The molecule has 0 atom stereocenters. The van der Waals surface area contributed by atoms with Gasteiger partial charge in [0.2, 0.25) is 0 Å². The highest BCUT2D eigenvalue weighted by Crippen LogP contribution is 2.27. The van der Waals surface area contributed by atoms with E-state index in [1.165, 1.54) is 17.4 Å². The lowest BCUT2D eigenvalue weighted by Crippen LogP contribution is -2.16. The molecule has 0 spiro atoms. The van der Waals surface area contributed by atoms with Crippen molar-refractivity contribution in [2.45, 2.75) is 13.5 Å². The minimum absolute atomic E-state index is 0.282. The Morgan fingerprint density at radius 1 is 1.36 bits per heavy atom. The second-order valence-electron chi connectivity index (χ2n) is 5.12.